The van der Waals surface area contributed by atoms with Gasteiger partial charge in [-0.25, -0.2) is 10.5 Å². The van der Waals surface area contributed by atoms with E-state index in [0.717, 1.165) is 11.4 Å². The molecule has 2 aromatic rings. The Morgan fingerprint density at radius 2 is 2.05 bits per heavy atom. The average molecular weight is 261 g/mol. The Bertz CT molecular complexity index is 602. The number of carbonyl (C=O) groups is 1. The predicted molar refractivity (Wildman–Crippen MR) is 70.7 cm³/mol. The molecule has 8 nitrogen and oxygen atoms in total. The van der Waals surface area contributed by atoms with Crippen molar-refractivity contribution in [1.82, 2.24) is 20.0 Å². The van der Waals surface area contributed by atoms with Crippen LogP contribution in [0.5, 0.6) is 0 Å². The molecule has 2 rings (SSSR count). The molecule has 0 bridgehead atoms. The van der Waals surface area contributed by atoms with E-state index in [1.165, 1.54) is 6.92 Å². The second-order valence-electron chi connectivity index (χ2n) is 4.06. The van der Waals surface area contributed by atoms with Gasteiger partial charge >= 0.3 is 0 Å². The number of hydrogen-bond acceptors (Lipinski definition) is 6. The first kappa shape index (κ1) is 13.0. The van der Waals surface area contributed by atoms with E-state index in [0.29, 0.717) is 17.3 Å². The lowest BCUT2D eigenvalue weighted by atomic mass is 10.3. The van der Waals surface area contributed by atoms with Crippen LogP contribution in [0, 0.1) is 13.8 Å². The summed E-state index contributed by atoms with van der Waals surface area (Å²) in [5, 5.41) is 15.0. The number of nitrogens with zero attached hydrogens (tertiary/aromatic N) is 4. The number of anilines is 2. The summed E-state index contributed by atoms with van der Waals surface area (Å²) in [6.45, 7) is 5.12. The van der Waals surface area contributed by atoms with Crippen LogP contribution in [0.1, 0.15) is 18.3 Å². The van der Waals surface area contributed by atoms with Crippen LogP contribution < -0.4 is 16.6 Å². The zero-order valence-corrected chi connectivity index (χ0v) is 10.9. The number of amides is 1. The molecule has 0 spiro atoms. The molecule has 0 radical (unpaired) electrons. The molecule has 0 aliphatic rings. The summed E-state index contributed by atoms with van der Waals surface area (Å²) >= 11 is 0. The smallest absolute Gasteiger partial charge is 0.221 e. The molecule has 0 saturated heterocycles. The molecule has 4 N–H and O–H groups in total. The van der Waals surface area contributed by atoms with Crippen molar-refractivity contribution >= 4 is 17.4 Å². The minimum absolute atomic E-state index is 0.139. The molecule has 0 unspecified atom stereocenters. The Hall–Kier alpha value is -2.48. The lowest BCUT2D eigenvalue weighted by molar-refractivity contribution is -0.114. The van der Waals surface area contributed by atoms with Gasteiger partial charge in [0.25, 0.3) is 0 Å². The average Bonchev–Trinajstić information content (AvgIpc) is 2.66. The van der Waals surface area contributed by atoms with Crippen molar-refractivity contribution in [2.45, 2.75) is 20.8 Å². The van der Waals surface area contributed by atoms with Gasteiger partial charge in [0, 0.05) is 6.92 Å². The summed E-state index contributed by atoms with van der Waals surface area (Å²) in [6.07, 6.45) is 0. The van der Waals surface area contributed by atoms with Crippen LogP contribution in [0.2, 0.25) is 0 Å². The number of rotatable bonds is 3. The molecule has 0 aromatic carbocycles. The summed E-state index contributed by atoms with van der Waals surface area (Å²) in [6, 6.07) is 3.43. The van der Waals surface area contributed by atoms with E-state index in [-0.39, 0.29) is 5.91 Å². The summed E-state index contributed by atoms with van der Waals surface area (Å²) in [7, 11) is 0. The van der Waals surface area contributed by atoms with E-state index in [4.69, 9.17) is 5.84 Å². The minimum atomic E-state index is -0.139. The molecule has 100 valence electrons. The van der Waals surface area contributed by atoms with Gasteiger partial charge in [-0.3, -0.25) is 4.79 Å². The summed E-state index contributed by atoms with van der Waals surface area (Å²) in [4.78, 5) is 11.1. The third-order valence-corrected chi connectivity index (χ3v) is 2.61. The minimum Gasteiger partial charge on any atom is -0.323 e. The first-order chi connectivity index (χ1) is 9.02. The quantitative estimate of drug-likeness (QED) is 0.549. The maximum Gasteiger partial charge on any atom is 0.221 e. The summed E-state index contributed by atoms with van der Waals surface area (Å²) in [5.41, 5.74) is 4.60. The fourth-order valence-electron chi connectivity index (χ4n) is 1.74. The maximum absolute atomic E-state index is 11.1. The number of hydrazine groups is 1. The topological polar surface area (TPSA) is 111 Å². The highest BCUT2D eigenvalue weighted by Gasteiger charge is 2.14. The van der Waals surface area contributed by atoms with E-state index >= 15 is 0 Å². The Morgan fingerprint density at radius 1 is 1.32 bits per heavy atom. The third kappa shape index (κ3) is 2.52. The monoisotopic (exact) mass is 261 g/mol. The molecule has 2 aromatic heterocycles. The number of nitrogens with one attached hydrogen (secondary N) is 2. The Labute approximate surface area is 110 Å². The second kappa shape index (κ2) is 5.02. The summed E-state index contributed by atoms with van der Waals surface area (Å²) < 4.78 is 1.62. The van der Waals surface area contributed by atoms with Crippen LogP contribution in [-0.4, -0.2) is 25.9 Å². The lowest BCUT2D eigenvalue weighted by Gasteiger charge is -2.05. The van der Waals surface area contributed by atoms with Gasteiger partial charge in [0.05, 0.1) is 17.1 Å². The van der Waals surface area contributed by atoms with Gasteiger partial charge in [-0.05, 0) is 26.0 Å². The van der Waals surface area contributed by atoms with Crippen LogP contribution >= 0.6 is 0 Å². The largest absolute Gasteiger partial charge is 0.323 e. The third-order valence-electron chi connectivity index (χ3n) is 2.61. The van der Waals surface area contributed by atoms with Gasteiger partial charge in [0.2, 0.25) is 5.91 Å². The molecule has 19 heavy (non-hydrogen) atoms. The highest BCUT2D eigenvalue weighted by Crippen LogP contribution is 2.21. The van der Waals surface area contributed by atoms with Gasteiger partial charge in [0.15, 0.2) is 11.6 Å². The number of aromatic nitrogens is 4. The summed E-state index contributed by atoms with van der Waals surface area (Å²) in [5.74, 6) is 6.11. The van der Waals surface area contributed by atoms with Crippen LogP contribution in [0.15, 0.2) is 12.1 Å². The molecule has 1 amide bonds. The van der Waals surface area contributed by atoms with Gasteiger partial charge in [0.1, 0.15) is 0 Å². The zero-order chi connectivity index (χ0) is 14.0. The molecule has 0 aliphatic heterocycles. The molecule has 0 saturated carbocycles. The van der Waals surface area contributed by atoms with Crippen LogP contribution in [0.4, 0.5) is 11.5 Å². The van der Waals surface area contributed by atoms with E-state index < -0.39 is 0 Å². The zero-order valence-electron chi connectivity index (χ0n) is 10.9. The van der Waals surface area contributed by atoms with Crippen molar-refractivity contribution in [3.63, 3.8) is 0 Å². The Kier molecular flexibility index (Phi) is 3.43. The lowest BCUT2D eigenvalue weighted by Crippen LogP contribution is -2.11. The first-order valence-corrected chi connectivity index (χ1v) is 5.67. The first-order valence-electron chi connectivity index (χ1n) is 5.67. The van der Waals surface area contributed by atoms with E-state index in [1.807, 2.05) is 13.8 Å². The van der Waals surface area contributed by atoms with Gasteiger partial charge in [-0.15, -0.1) is 10.2 Å². The predicted octanol–water partition coefficient (Wildman–Crippen LogP) is 0.523. The number of carbonyl (C=O) groups excluding carboxylic acids is 1. The SMILES string of the molecule is CC(=O)Nc1c(C)nn(-c2ccc(NN)nn2)c1C. The number of hydrogen-bond donors (Lipinski definition) is 3. The highest BCUT2D eigenvalue weighted by atomic mass is 16.1. The van der Waals surface area contributed by atoms with Gasteiger partial charge < -0.3 is 10.7 Å². The van der Waals surface area contributed by atoms with Crippen LogP contribution in [0.25, 0.3) is 5.82 Å². The normalized spacial score (nSPS) is 10.3. The van der Waals surface area contributed by atoms with Crippen molar-refractivity contribution in [3.8, 4) is 5.82 Å². The molecule has 8 heteroatoms. The molecule has 2 heterocycles. The molecular formula is C11H15N7O. The molecular weight excluding hydrogens is 246 g/mol. The fraction of sp³-hybridized carbons (Fsp3) is 0.273. The standard InChI is InChI=1S/C11H15N7O/c1-6-11(13-8(3)19)7(2)18(17-6)10-5-4-9(14-12)15-16-10/h4-5H,12H2,1-3H3,(H,13,19)(H,14,15). The molecule has 0 aliphatic carbocycles. The highest BCUT2D eigenvalue weighted by molar-refractivity contribution is 5.90. The van der Waals surface area contributed by atoms with Crippen LogP contribution in [0.3, 0.4) is 0 Å². The number of nitrogen functional groups attached to an aromatic ring is 1. The van der Waals surface area contributed by atoms with Gasteiger partial charge in [-0.2, -0.15) is 5.10 Å². The van der Waals surface area contributed by atoms with Crippen molar-refractivity contribution in [1.29, 1.82) is 0 Å². The van der Waals surface area contributed by atoms with Gasteiger partial charge in [-0.1, -0.05) is 0 Å². The number of nitrogens with two attached hydrogens (primary N) is 1. The van der Waals surface area contributed by atoms with Crippen molar-refractivity contribution < 1.29 is 4.79 Å². The number of aryl methyl sites for hydroxylation is 1. The van der Waals surface area contributed by atoms with E-state index in [9.17, 15) is 4.79 Å². The van der Waals surface area contributed by atoms with Crippen molar-refractivity contribution in [2.75, 3.05) is 10.7 Å². The fourth-order valence-corrected chi connectivity index (χ4v) is 1.74. The second-order valence-corrected chi connectivity index (χ2v) is 4.06. The Balaban J connectivity index is 2.42. The molecule has 0 fully saturated rings. The van der Waals surface area contributed by atoms with Crippen molar-refractivity contribution in [2.24, 2.45) is 5.84 Å². The van der Waals surface area contributed by atoms with Crippen molar-refractivity contribution in [3.05, 3.63) is 23.5 Å². The van der Waals surface area contributed by atoms with Crippen LogP contribution in [-0.2, 0) is 4.79 Å². The molecule has 0 atom stereocenters. The van der Waals surface area contributed by atoms with E-state index in [2.05, 4.69) is 26.0 Å². The maximum atomic E-state index is 11.1. The van der Waals surface area contributed by atoms with E-state index in [1.54, 1.807) is 16.8 Å². The Morgan fingerprint density at radius 3 is 2.58 bits per heavy atom.